The van der Waals surface area contributed by atoms with Crippen molar-refractivity contribution >= 4 is 10.8 Å². The van der Waals surface area contributed by atoms with E-state index in [1.165, 1.54) is 6.07 Å². The standard InChI is InChI=1S/C32H30F6O/c1-2-3-4-5-21-6-11-24(28(33)19-21)12-7-22-9-16-27-26(18-22)15-14-25(31(27)35)13-8-23-10-17-30(29(34)20-23)39-32(36,37)38/h6,9-11,14-20H,2-5,7-8,12-13H2,1H3. The number of alkyl halides is 3. The zero-order valence-electron chi connectivity index (χ0n) is 21.7. The second kappa shape index (κ2) is 12.6. The summed E-state index contributed by atoms with van der Waals surface area (Å²) >= 11 is 0. The van der Waals surface area contributed by atoms with Gasteiger partial charge in [0.05, 0.1) is 0 Å². The second-order valence-electron chi connectivity index (χ2n) is 9.79. The zero-order valence-corrected chi connectivity index (χ0v) is 21.7. The summed E-state index contributed by atoms with van der Waals surface area (Å²) in [6.07, 6.45) is 0.850. The minimum absolute atomic E-state index is 0.192. The molecule has 0 heterocycles. The third kappa shape index (κ3) is 7.78. The van der Waals surface area contributed by atoms with E-state index in [0.29, 0.717) is 34.9 Å². The van der Waals surface area contributed by atoms with Gasteiger partial charge in [-0.15, -0.1) is 13.2 Å². The minimum atomic E-state index is -4.98. The predicted molar refractivity (Wildman–Crippen MR) is 141 cm³/mol. The summed E-state index contributed by atoms with van der Waals surface area (Å²) in [6, 6.07) is 17.6. The molecule has 7 heteroatoms. The maximum atomic E-state index is 15.2. The largest absolute Gasteiger partial charge is 0.573 e. The van der Waals surface area contributed by atoms with Crippen LogP contribution in [0.25, 0.3) is 10.8 Å². The fourth-order valence-electron chi connectivity index (χ4n) is 4.73. The van der Waals surface area contributed by atoms with Crippen LogP contribution in [0.3, 0.4) is 0 Å². The first-order chi connectivity index (χ1) is 18.6. The van der Waals surface area contributed by atoms with Crippen LogP contribution in [0.2, 0.25) is 0 Å². The Morgan fingerprint density at radius 1 is 0.615 bits per heavy atom. The quantitative estimate of drug-likeness (QED) is 0.135. The normalized spacial score (nSPS) is 11.8. The Morgan fingerprint density at radius 2 is 1.23 bits per heavy atom. The number of fused-ring (bicyclic) bond motifs is 1. The van der Waals surface area contributed by atoms with E-state index in [4.69, 9.17) is 0 Å². The molecule has 0 saturated carbocycles. The maximum Gasteiger partial charge on any atom is 0.573 e. The van der Waals surface area contributed by atoms with E-state index < -0.39 is 17.9 Å². The van der Waals surface area contributed by atoms with Gasteiger partial charge in [0.1, 0.15) is 11.6 Å². The molecule has 1 nitrogen and oxygen atoms in total. The lowest BCUT2D eigenvalue weighted by atomic mass is 9.96. The smallest absolute Gasteiger partial charge is 0.403 e. The third-order valence-corrected chi connectivity index (χ3v) is 6.87. The topological polar surface area (TPSA) is 9.23 Å². The molecule has 0 unspecified atom stereocenters. The Hall–Kier alpha value is -3.48. The average Bonchev–Trinajstić information content (AvgIpc) is 2.89. The van der Waals surface area contributed by atoms with Crippen molar-refractivity contribution in [3.05, 3.63) is 112 Å². The highest BCUT2D eigenvalue weighted by atomic mass is 19.4. The van der Waals surface area contributed by atoms with E-state index in [-0.39, 0.29) is 24.5 Å². The van der Waals surface area contributed by atoms with Crippen molar-refractivity contribution in [3.8, 4) is 5.75 Å². The molecule has 0 aliphatic carbocycles. The van der Waals surface area contributed by atoms with Crippen molar-refractivity contribution in [2.45, 2.75) is 64.7 Å². The van der Waals surface area contributed by atoms with Crippen LogP contribution >= 0.6 is 0 Å². The van der Waals surface area contributed by atoms with Gasteiger partial charge in [-0.1, -0.05) is 68.3 Å². The molecule has 0 atom stereocenters. The molecule has 39 heavy (non-hydrogen) atoms. The number of hydrogen-bond acceptors (Lipinski definition) is 1. The Balaban J connectivity index is 1.39. The first kappa shape index (κ1) is 28.5. The molecular formula is C32H30F6O. The van der Waals surface area contributed by atoms with Gasteiger partial charge in [-0.05, 0) is 89.9 Å². The van der Waals surface area contributed by atoms with Gasteiger partial charge in [-0.2, -0.15) is 0 Å². The molecule has 0 saturated heterocycles. The van der Waals surface area contributed by atoms with Crippen molar-refractivity contribution in [2.24, 2.45) is 0 Å². The van der Waals surface area contributed by atoms with Crippen LogP contribution in [0.1, 0.15) is 54.0 Å². The molecule has 0 bridgehead atoms. The monoisotopic (exact) mass is 544 g/mol. The molecule has 0 radical (unpaired) electrons. The molecule has 0 aliphatic heterocycles. The average molecular weight is 545 g/mol. The second-order valence-corrected chi connectivity index (χ2v) is 9.79. The molecule has 4 rings (SSSR count). The van der Waals surface area contributed by atoms with Gasteiger partial charge >= 0.3 is 6.36 Å². The van der Waals surface area contributed by atoms with Crippen LogP contribution < -0.4 is 4.74 Å². The minimum Gasteiger partial charge on any atom is -0.403 e. The van der Waals surface area contributed by atoms with Crippen LogP contribution in [0, 0.1) is 17.5 Å². The van der Waals surface area contributed by atoms with Gasteiger partial charge in [0.2, 0.25) is 0 Å². The van der Waals surface area contributed by atoms with E-state index >= 15 is 4.39 Å². The van der Waals surface area contributed by atoms with Gasteiger partial charge in [0.25, 0.3) is 0 Å². The van der Waals surface area contributed by atoms with Crippen molar-refractivity contribution in [1.82, 2.24) is 0 Å². The van der Waals surface area contributed by atoms with Crippen molar-refractivity contribution in [2.75, 3.05) is 0 Å². The summed E-state index contributed by atoms with van der Waals surface area (Å²) in [5.41, 5.74) is 3.49. The Morgan fingerprint density at radius 3 is 1.92 bits per heavy atom. The Labute approximate surface area is 224 Å². The van der Waals surface area contributed by atoms with E-state index in [9.17, 15) is 22.0 Å². The van der Waals surface area contributed by atoms with Crippen LogP contribution in [0.15, 0.2) is 66.7 Å². The summed E-state index contributed by atoms with van der Waals surface area (Å²) in [5, 5.41) is 1.17. The predicted octanol–water partition coefficient (Wildman–Crippen LogP) is 9.46. The molecule has 206 valence electrons. The van der Waals surface area contributed by atoms with Crippen molar-refractivity contribution in [1.29, 1.82) is 0 Å². The van der Waals surface area contributed by atoms with Crippen LogP contribution in [0.4, 0.5) is 26.3 Å². The number of unbranched alkanes of at least 4 members (excludes halogenated alkanes) is 2. The van der Waals surface area contributed by atoms with Gasteiger partial charge in [0.15, 0.2) is 11.6 Å². The molecular weight excluding hydrogens is 514 g/mol. The lowest BCUT2D eigenvalue weighted by molar-refractivity contribution is -0.275. The van der Waals surface area contributed by atoms with E-state index in [1.54, 1.807) is 18.2 Å². The number of benzene rings is 4. The number of rotatable bonds is 11. The third-order valence-electron chi connectivity index (χ3n) is 6.87. The zero-order chi connectivity index (χ0) is 28.0. The highest BCUT2D eigenvalue weighted by molar-refractivity contribution is 5.84. The van der Waals surface area contributed by atoms with Crippen LogP contribution in [0.5, 0.6) is 5.75 Å². The fourth-order valence-corrected chi connectivity index (χ4v) is 4.73. The Bertz CT molecular complexity index is 1430. The SMILES string of the molecule is CCCCCc1ccc(CCc2ccc3c(F)c(CCc4ccc(OC(F)(F)F)c(F)c4)ccc3c2)c(F)c1. The molecule has 4 aromatic carbocycles. The molecule has 0 amide bonds. The van der Waals surface area contributed by atoms with Crippen LogP contribution in [-0.4, -0.2) is 6.36 Å². The molecule has 0 fully saturated rings. The van der Waals surface area contributed by atoms with E-state index in [0.717, 1.165) is 54.3 Å². The lowest BCUT2D eigenvalue weighted by Gasteiger charge is -2.11. The summed E-state index contributed by atoms with van der Waals surface area (Å²) in [5.74, 6) is -2.61. The molecule has 0 aliphatic rings. The first-order valence-electron chi connectivity index (χ1n) is 13.1. The summed E-state index contributed by atoms with van der Waals surface area (Å²) < 4.78 is 84.4. The van der Waals surface area contributed by atoms with Crippen molar-refractivity contribution < 1.29 is 31.1 Å². The summed E-state index contributed by atoms with van der Waals surface area (Å²) in [4.78, 5) is 0. The molecule has 4 aromatic rings. The van der Waals surface area contributed by atoms with E-state index in [1.807, 2.05) is 30.3 Å². The van der Waals surface area contributed by atoms with Crippen molar-refractivity contribution in [3.63, 3.8) is 0 Å². The number of ether oxygens (including phenoxy) is 1. The van der Waals surface area contributed by atoms with Gasteiger partial charge in [-0.3, -0.25) is 0 Å². The number of hydrogen-bond donors (Lipinski definition) is 0. The first-order valence-corrected chi connectivity index (χ1v) is 13.1. The molecule has 0 spiro atoms. The van der Waals surface area contributed by atoms with Gasteiger partial charge in [0, 0.05) is 5.39 Å². The Kier molecular flexibility index (Phi) is 9.20. The van der Waals surface area contributed by atoms with Gasteiger partial charge in [-0.25, -0.2) is 13.2 Å². The van der Waals surface area contributed by atoms with Gasteiger partial charge < -0.3 is 4.74 Å². The highest BCUT2D eigenvalue weighted by Gasteiger charge is 2.32. The number of halogens is 6. The lowest BCUT2D eigenvalue weighted by Crippen LogP contribution is -2.18. The fraction of sp³-hybridized carbons (Fsp3) is 0.312. The van der Waals surface area contributed by atoms with E-state index in [2.05, 4.69) is 11.7 Å². The van der Waals surface area contributed by atoms with Crippen LogP contribution in [-0.2, 0) is 32.1 Å². The molecule has 0 aromatic heterocycles. The summed E-state index contributed by atoms with van der Waals surface area (Å²) in [7, 11) is 0. The highest BCUT2D eigenvalue weighted by Crippen LogP contribution is 2.28. The number of aryl methyl sites for hydroxylation is 5. The summed E-state index contributed by atoms with van der Waals surface area (Å²) in [6.45, 7) is 2.14. The molecule has 0 N–H and O–H groups in total. The maximum absolute atomic E-state index is 15.2.